The largest absolute Gasteiger partial charge is 0.490 e. The molecule has 20 nitrogen and oxygen atoms in total. The highest BCUT2D eigenvalue weighted by Gasteiger charge is 2.52. The zero-order chi connectivity index (χ0) is 45.3. The van der Waals surface area contributed by atoms with Crippen LogP contribution in [0.25, 0.3) is 21.9 Å². The second-order valence-corrected chi connectivity index (χ2v) is 15.6. The van der Waals surface area contributed by atoms with Gasteiger partial charge in [-0.25, -0.2) is 9.59 Å². The second-order valence-electron chi connectivity index (χ2n) is 15.6. The van der Waals surface area contributed by atoms with E-state index in [0.717, 1.165) is 0 Å². The van der Waals surface area contributed by atoms with Crippen molar-refractivity contribution in [2.75, 3.05) is 39.1 Å². The molecule has 0 unspecified atom stereocenters. The van der Waals surface area contributed by atoms with Crippen LogP contribution in [0.2, 0.25) is 0 Å². The Bertz CT molecular complexity index is 2280. The SMILES string of the molecule is COc1c(O[C@@H]2OC(C)(C)[C@H](OC)[C@@H](O)[C@H]2O)ccc2cc(NC(=O)C/C=C/CC(=O)Nc3cc4ccc(O[C@@H]5OC(C)(C)[C@H](OC)[C@@H](O)[C@H]5O)c(OC)c4oc3=O)c(=O)oc12. The average molecular weight is 871 g/mol. The quantitative estimate of drug-likeness (QED) is 0.0784. The Kier molecular flexibility index (Phi) is 13.6. The van der Waals surface area contributed by atoms with Gasteiger partial charge in [-0.2, -0.15) is 0 Å². The van der Waals surface area contributed by atoms with Gasteiger partial charge < -0.3 is 77.8 Å². The van der Waals surface area contributed by atoms with E-state index in [9.17, 15) is 39.6 Å². The summed E-state index contributed by atoms with van der Waals surface area (Å²) in [7, 11) is 5.40. The van der Waals surface area contributed by atoms with Crippen molar-refractivity contribution in [1.82, 2.24) is 0 Å². The molecule has 2 amide bonds. The van der Waals surface area contributed by atoms with Gasteiger partial charge in [-0.3, -0.25) is 9.59 Å². The van der Waals surface area contributed by atoms with Crippen LogP contribution in [-0.4, -0.2) is 121 Å². The first-order valence-electron chi connectivity index (χ1n) is 19.3. The third kappa shape index (κ3) is 9.27. The van der Waals surface area contributed by atoms with Crippen molar-refractivity contribution in [3.63, 3.8) is 0 Å². The summed E-state index contributed by atoms with van der Waals surface area (Å²) in [6.07, 6.45) is -7.67. The van der Waals surface area contributed by atoms with Gasteiger partial charge in [-0.1, -0.05) is 12.2 Å². The first-order valence-corrected chi connectivity index (χ1v) is 19.3. The number of hydrogen-bond acceptors (Lipinski definition) is 18. The van der Waals surface area contributed by atoms with Gasteiger partial charge in [-0.15, -0.1) is 0 Å². The van der Waals surface area contributed by atoms with E-state index in [0.29, 0.717) is 10.8 Å². The van der Waals surface area contributed by atoms with Gasteiger partial charge in [0.1, 0.15) is 48.0 Å². The number of benzene rings is 2. The standard InChI is InChI=1S/C42H50N2O18/c1-41(2)35(55-7)27(47)29(49)39(61-41)57-23-15-13-19-17-21(37(51)59-31(19)33(23)53-5)43-25(45)11-9-10-12-26(46)44-22-18-20-14-16-24(34(54-6)32(20)60-38(22)52)58-40-30(50)28(48)36(56-8)42(3,4)62-40/h9-10,13-18,27-30,35-36,39-40,47-50H,11-12H2,1-8H3,(H,43,45)(H,44,46)/b10-9+/t27-,28-,29+,30+,35+,36+,39+,40+/m0/s1. The summed E-state index contributed by atoms with van der Waals surface area (Å²) in [6.45, 7) is 6.68. The Morgan fingerprint density at radius 1 is 0.629 bits per heavy atom. The maximum Gasteiger partial charge on any atom is 0.360 e. The number of carbonyl (C=O) groups is 2. The van der Waals surface area contributed by atoms with Crippen LogP contribution in [0.4, 0.5) is 11.4 Å². The highest BCUT2D eigenvalue weighted by molar-refractivity contribution is 5.96. The molecule has 2 saturated heterocycles. The number of nitrogens with one attached hydrogen (secondary N) is 2. The van der Waals surface area contributed by atoms with E-state index in [4.69, 9.17) is 46.7 Å². The second kappa shape index (κ2) is 18.4. The number of carbonyl (C=O) groups excluding carboxylic acids is 2. The van der Waals surface area contributed by atoms with E-state index >= 15 is 0 Å². The molecular formula is C42H50N2O18. The van der Waals surface area contributed by atoms with Gasteiger partial charge in [0.25, 0.3) is 0 Å². The minimum atomic E-state index is -1.49. The van der Waals surface area contributed by atoms with Crippen molar-refractivity contribution in [3.05, 3.63) is 69.4 Å². The number of rotatable bonds is 14. The van der Waals surface area contributed by atoms with Crippen molar-refractivity contribution in [3.8, 4) is 23.0 Å². The van der Waals surface area contributed by atoms with Crippen molar-refractivity contribution in [2.24, 2.45) is 0 Å². The van der Waals surface area contributed by atoms with Crippen molar-refractivity contribution < 1.29 is 76.7 Å². The highest BCUT2D eigenvalue weighted by Crippen LogP contribution is 2.41. The number of fused-ring (bicyclic) bond motifs is 2. The third-order valence-electron chi connectivity index (χ3n) is 10.5. The Labute approximate surface area is 353 Å². The van der Waals surface area contributed by atoms with E-state index in [1.807, 2.05) is 0 Å². The van der Waals surface area contributed by atoms with Gasteiger partial charge in [0.15, 0.2) is 22.7 Å². The Hall–Kier alpha value is -5.58. The molecule has 8 atom stereocenters. The zero-order valence-electron chi connectivity index (χ0n) is 35.2. The Morgan fingerprint density at radius 3 is 1.34 bits per heavy atom. The molecule has 6 N–H and O–H groups in total. The van der Waals surface area contributed by atoms with Crippen molar-refractivity contribution >= 4 is 45.1 Å². The van der Waals surface area contributed by atoms with Crippen LogP contribution in [0.1, 0.15) is 40.5 Å². The summed E-state index contributed by atoms with van der Waals surface area (Å²) in [5.74, 6) is -1.13. The predicted molar refractivity (Wildman–Crippen MR) is 218 cm³/mol. The molecule has 0 radical (unpaired) electrons. The smallest absolute Gasteiger partial charge is 0.360 e. The molecule has 2 aromatic carbocycles. The maximum absolute atomic E-state index is 13.0. The highest BCUT2D eigenvalue weighted by atomic mass is 16.7. The number of anilines is 2. The van der Waals surface area contributed by atoms with E-state index in [1.54, 1.807) is 27.7 Å². The van der Waals surface area contributed by atoms with Crippen LogP contribution in [0, 0.1) is 0 Å². The van der Waals surface area contributed by atoms with E-state index in [2.05, 4.69) is 10.6 Å². The van der Waals surface area contributed by atoms with E-state index in [1.165, 1.54) is 77.0 Å². The minimum Gasteiger partial charge on any atom is -0.490 e. The van der Waals surface area contributed by atoms with Crippen LogP contribution in [0.5, 0.6) is 23.0 Å². The van der Waals surface area contributed by atoms with Crippen molar-refractivity contribution in [2.45, 2.75) is 101 Å². The molecule has 2 aromatic heterocycles. The summed E-state index contributed by atoms with van der Waals surface area (Å²) in [5.41, 5.74) is -4.28. The fraction of sp³-hybridized carbons (Fsp3) is 0.476. The van der Waals surface area contributed by atoms with Gasteiger partial charge in [0, 0.05) is 37.8 Å². The van der Waals surface area contributed by atoms with E-state index in [-0.39, 0.29) is 58.4 Å². The van der Waals surface area contributed by atoms with Crippen LogP contribution in [-0.2, 0) is 28.5 Å². The fourth-order valence-corrected chi connectivity index (χ4v) is 7.47. The summed E-state index contributed by atoms with van der Waals surface area (Å²) < 4.78 is 56.1. The number of methoxy groups -OCH3 is 4. The molecule has 0 aliphatic carbocycles. The average Bonchev–Trinajstić information content (AvgIpc) is 3.21. The van der Waals surface area contributed by atoms with Crippen LogP contribution in [0.15, 0.2) is 67.0 Å². The van der Waals surface area contributed by atoms with Crippen LogP contribution in [0.3, 0.4) is 0 Å². The number of ether oxygens (including phenoxy) is 8. The molecule has 2 fully saturated rings. The molecule has 4 heterocycles. The lowest BCUT2D eigenvalue weighted by Gasteiger charge is -2.46. The first-order chi connectivity index (χ1) is 29.3. The summed E-state index contributed by atoms with van der Waals surface area (Å²) in [5, 5.41) is 48.2. The lowest BCUT2D eigenvalue weighted by Crippen LogP contribution is -2.63. The van der Waals surface area contributed by atoms with Gasteiger partial charge >= 0.3 is 11.3 Å². The maximum atomic E-state index is 13.0. The first kappa shape index (κ1) is 45.9. The molecule has 2 aliphatic rings. The lowest BCUT2D eigenvalue weighted by atomic mass is 9.89. The third-order valence-corrected chi connectivity index (χ3v) is 10.5. The predicted octanol–water partition coefficient (Wildman–Crippen LogP) is 2.33. The molecular weight excluding hydrogens is 820 g/mol. The van der Waals surface area contributed by atoms with Crippen LogP contribution >= 0.6 is 0 Å². The normalized spacial score (nSPS) is 25.7. The van der Waals surface area contributed by atoms with Gasteiger partial charge in [-0.05, 0) is 64.1 Å². The molecule has 4 aromatic rings. The van der Waals surface area contributed by atoms with E-state index < -0.39 is 83.5 Å². The monoisotopic (exact) mass is 870 g/mol. The molecule has 20 heteroatoms. The Morgan fingerprint density at radius 2 is 1.00 bits per heavy atom. The number of aliphatic hydroxyl groups is 4. The summed E-state index contributed by atoms with van der Waals surface area (Å²) in [6, 6.07) is 8.78. The molecule has 0 saturated carbocycles. The van der Waals surface area contributed by atoms with Gasteiger partial charge in [0.05, 0.1) is 25.4 Å². The number of aliphatic hydroxyl groups excluding tert-OH is 4. The Balaban J connectivity index is 1.06. The molecule has 336 valence electrons. The van der Waals surface area contributed by atoms with Gasteiger partial charge in [0.2, 0.25) is 35.9 Å². The summed E-state index contributed by atoms with van der Waals surface area (Å²) >= 11 is 0. The zero-order valence-corrected chi connectivity index (χ0v) is 35.2. The van der Waals surface area contributed by atoms with Crippen LogP contribution < -0.4 is 40.8 Å². The lowest BCUT2D eigenvalue weighted by molar-refractivity contribution is -0.306. The van der Waals surface area contributed by atoms with Crippen molar-refractivity contribution in [1.29, 1.82) is 0 Å². The minimum absolute atomic E-state index is 0.00409. The number of hydrogen-bond donors (Lipinski definition) is 6. The topological polar surface area (TPSA) is 273 Å². The molecule has 0 bridgehead atoms. The molecule has 6 rings (SSSR count). The fourth-order valence-electron chi connectivity index (χ4n) is 7.47. The summed E-state index contributed by atoms with van der Waals surface area (Å²) in [4.78, 5) is 51.4. The molecule has 0 spiro atoms. The molecule has 2 aliphatic heterocycles. The number of amides is 2. The molecule has 62 heavy (non-hydrogen) atoms.